The summed E-state index contributed by atoms with van der Waals surface area (Å²) in [6.07, 6.45) is 7.09. The quantitative estimate of drug-likeness (QED) is 0.602. The lowest BCUT2D eigenvalue weighted by Gasteiger charge is -2.33. The van der Waals surface area contributed by atoms with Gasteiger partial charge in [-0.3, -0.25) is 19.4 Å². The molecule has 0 unspecified atom stereocenters. The van der Waals surface area contributed by atoms with Crippen molar-refractivity contribution in [3.8, 4) is 0 Å². The first-order chi connectivity index (χ1) is 13.4. The summed E-state index contributed by atoms with van der Waals surface area (Å²) in [5.41, 5.74) is 11.7. The zero-order valence-electron chi connectivity index (χ0n) is 15.7. The number of hydrogen-bond donors (Lipinski definition) is 3. The molecule has 28 heavy (non-hydrogen) atoms. The minimum absolute atomic E-state index is 0.0463. The highest BCUT2D eigenvalue weighted by Gasteiger charge is 2.25. The van der Waals surface area contributed by atoms with E-state index in [1.807, 2.05) is 27.8 Å². The third-order valence-corrected chi connectivity index (χ3v) is 5.09. The van der Waals surface area contributed by atoms with E-state index in [-0.39, 0.29) is 24.3 Å². The highest BCUT2D eigenvalue weighted by atomic mass is 16.2. The predicted molar refractivity (Wildman–Crippen MR) is 104 cm³/mol. The van der Waals surface area contributed by atoms with Crippen LogP contribution < -0.4 is 16.8 Å². The minimum Gasteiger partial charge on any atom is -0.370 e. The molecule has 0 radical (unpaired) electrons. The molecule has 1 saturated heterocycles. The number of nitrogens with zero attached hydrogens (tertiary/aromatic N) is 3. The number of hydrogen-bond acceptors (Lipinski definition) is 5. The highest BCUT2D eigenvalue weighted by molar-refractivity contribution is 5.87. The Morgan fingerprint density at radius 2 is 2.00 bits per heavy atom. The van der Waals surface area contributed by atoms with Gasteiger partial charge in [0.1, 0.15) is 0 Å². The van der Waals surface area contributed by atoms with Gasteiger partial charge in [-0.15, -0.1) is 0 Å². The van der Waals surface area contributed by atoms with Crippen LogP contribution in [0.15, 0.2) is 30.7 Å². The first-order valence-electron chi connectivity index (χ1n) is 9.45. The monoisotopic (exact) mass is 386 g/mol. The van der Waals surface area contributed by atoms with Crippen molar-refractivity contribution in [1.82, 2.24) is 19.8 Å². The summed E-state index contributed by atoms with van der Waals surface area (Å²) in [6.45, 7) is 1.78. The maximum Gasteiger partial charge on any atom is 0.237 e. The molecule has 0 bridgehead atoms. The first kappa shape index (κ1) is 19.8. The Kier molecular flexibility index (Phi) is 6.25. The number of piperidine rings is 1. The Morgan fingerprint density at radius 1 is 1.25 bits per heavy atom. The molecule has 3 amide bonds. The average molecular weight is 386 g/mol. The second-order valence-corrected chi connectivity index (χ2v) is 7.13. The van der Waals surface area contributed by atoms with E-state index < -0.39 is 11.9 Å². The zero-order valence-corrected chi connectivity index (χ0v) is 15.7. The van der Waals surface area contributed by atoms with E-state index in [0.717, 1.165) is 10.9 Å². The van der Waals surface area contributed by atoms with Crippen LogP contribution in [-0.2, 0) is 20.9 Å². The Labute approximate surface area is 163 Å². The molecule has 150 valence electrons. The van der Waals surface area contributed by atoms with E-state index in [1.54, 1.807) is 12.4 Å². The van der Waals surface area contributed by atoms with Crippen LogP contribution in [-0.4, -0.2) is 57.3 Å². The van der Waals surface area contributed by atoms with Gasteiger partial charge in [0.2, 0.25) is 17.7 Å². The molecule has 2 aromatic rings. The Morgan fingerprint density at radius 3 is 2.71 bits per heavy atom. The number of carbonyl (C=O) groups is 3. The standard InChI is InChI=1S/C19H26N6O3/c20-15(11-17(21)26)19(28)23-14-3-8-25(9-4-14)18(27)5-10-24-7-2-13-1-6-22-12-16(13)24/h1-2,6-7,12,14-15H,3-5,8-11,20H2,(H2,21,26)(H,23,28)/t15-/m1/s1. The lowest BCUT2D eigenvalue weighted by Crippen LogP contribution is -2.51. The number of aromatic nitrogens is 2. The molecule has 1 aliphatic heterocycles. The maximum absolute atomic E-state index is 12.5. The normalized spacial score (nSPS) is 16.1. The van der Waals surface area contributed by atoms with Crippen molar-refractivity contribution in [2.24, 2.45) is 11.5 Å². The topological polar surface area (TPSA) is 136 Å². The number of primary amides is 1. The van der Waals surface area contributed by atoms with Gasteiger partial charge >= 0.3 is 0 Å². The number of fused-ring (bicyclic) bond motifs is 1. The van der Waals surface area contributed by atoms with Gasteiger partial charge in [0.15, 0.2) is 0 Å². The van der Waals surface area contributed by atoms with E-state index in [2.05, 4.69) is 10.3 Å². The van der Waals surface area contributed by atoms with E-state index in [9.17, 15) is 14.4 Å². The van der Waals surface area contributed by atoms with Crippen LogP contribution in [0.2, 0.25) is 0 Å². The predicted octanol–water partition coefficient (Wildman–Crippen LogP) is -0.264. The second-order valence-electron chi connectivity index (χ2n) is 7.13. The first-order valence-corrected chi connectivity index (χ1v) is 9.45. The fourth-order valence-electron chi connectivity index (χ4n) is 3.49. The number of pyridine rings is 1. The van der Waals surface area contributed by atoms with Crippen molar-refractivity contribution in [3.63, 3.8) is 0 Å². The van der Waals surface area contributed by atoms with Crippen molar-refractivity contribution >= 4 is 28.6 Å². The number of amides is 3. The number of nitrogens with two attached hydrogens (primary N) is 2. The third-order valence-electron chi connectivity index (χ3n) is 5.09. The summed E-state index contributed by atoms with van der Waals surface area (Å²) in [6, 6.07) is 2.98. The van der Waals surface area contributed by atoms with Gasteiger partial charge in [-0.25, -0.2) is 0 Å². The van der Waals surface area contributed by atoms with Crippen LogP contribution in [0.4, 0.5) is 0 Å². The lowest BCUT2D eigenvalue weighted by atomic mass is 10.0. The summed E-state index contributed by atoms with van der Waals surface area (Å²) in [5.74, 6) is -0.882. The highest BCUT2D eigenvalue weighted by Crippen LogP contribution is 2.16. The molecule has 1 atom stereocenters. The molecule has 1 fully saturated rings. The zero-order chi connectivity index (χ0) is 20.1. The molecule has 9 heteroatoms. The van der Waals surface area contributed by atoms with E-state index in [4.69, 9.17) is 11.5 Å². The third kappa shape index (κ3) is 4.86. The molecular weight excluding hydrogens is 360 g/mol. The number of aryl methyl sites for hydroxylation is 1. The van der Waals surface area contributed by atoms with Gasteiger partial charge in [-0.05, 0) is 25.0 Å². The molecule has 0 aliphatic carbocycles. The van der Waals surface area contributed by atoms with Crippen molar-refractivity contribution in [3.05, 3.63) is 30.7 Å². The van der Waals surface area contributed by atoms with Crippen LogP contribution in [0, 0.1) is 0 Å². The van der Waals surface area contributed by atoms with Gasteiger partial charge < -0.3 is 26.3 Å². The number of carbonyl (C=O) groups excluding carboxylic acids is 3. The second kappa shape index (κ2) is 8.83. The summed E-state index contributed by atoms with van der Waals surface area (Å²) in [7, 11) is 0. The van der Waals surface area contributed by atoms with E-state index in [0.29, 0.717) is 38.9 Å². The van der Waals surface area contributed by atoms with Gasteiger partial charge in [-0.2, -0.15) is 0 Å². The number of nitrogens with one attached hydrogen (secondary N) is 1. The average Bonchev–Trinajstić information content (AvgIpc) is 3.09. The molecule has 5 N–H and O–H groups in total. The summed E-state index contributed by atoms with van der Waals surface area (Å²) >= 11 is 0. The smallest absolute Gasteiger partial charge is 0.237 e. The molecule has 3 rings (SSSR count). The van der Waals surface area contributed by atoms with Crippen LogP contribution >= 0.6 is 0 Å². The van der Waals surface area contributed by atoms with Crippen LogP contribution in [0.25, 0.3) is 10.9 Å². The van der Waals surface area contributed by atoms with Gasteiger partial charge in [0.25, 0.3) is 0 Å². The van der Waals surface area contributed by atoms with Crippen LogP contribution in [0.1, 0.15) is 25.7 Å². The van der Waals surface area contributed by atoms with E-state index in [1.165, 1.54) is 0 Å². The van der Waals surface area contributed by atoms with Crippen molar-refractivity contribution < 1.29 is 14.4 Å². The molecule has 0 saturated carbocycles. The van der Waals surface area contributed by atoms with Gasteiger partial charge in [-0.1, -0.05) is 0 Å². The molecular formula is C19H26N6O3. The van der Waals surface area contributed by atoms with Crippen LogP contribution in [0.5, 0.6) is 0 Å². The minimum atomic E-state index is -0.928. The van der Waals surface area contributed by atoms with Crippen molar-refractivity contribution in [2.45, 2.75) is 44.3 Å². The number of rotatable bonds is 7. The summed E-state index contributed by atoms with van der Waals surface area (Å²) in [4.78, 5) is 41.3. The molecule has 3 heterocycles. The maximum atomic E-state index is 12.5. The van der Waals surface area contributed by atoms with E-state index >= 15 is 0 Å². The van der Waals surface area contributed by atoms with Crippen molar-refractivity contribution in [2.75, 3.05) is 13.1 Å². The molecule has 1 aliphatic rings. The lowest BCUT2D eigenvalue weighted by molar-refractivity contribution is -0.133. The Hall–Kier alpha value is -2.94. The summed E-state index contributed by atoms with van der Waals surface area (Å²) in [5, 5.41) is 3.94. The van der Waals surface area contributed by atoms with Crippen molar-refractivity contribution in [1.29, 1.82) is 0 Å². The molecule has 0 aromatic carbocycles. The largest absolute Gasteiger partial charge is 0.370 e. The molecule has 0 spiro atoms. The molecule has 9 nitrogen and oxygen atoms in total. The van der Waals surface area contributed by atoms with Gasteiger partial charge in [0, 0.05) is 49.9 Å². The fraction of sp³-hybridized carbons (Fsp3) is 0.474. The van der Waals surface area contributed by atoms with Crippen LogP contribution in [0.3, 0.4) is 0 Å². The Bertz CT molecular complexity index is 856. The Balaban J connectivity index is 1.43. The molecule has 2 aromatic heterocycles. The summed E-state index contributed by atoms with van der Waals surface area (Å²) < 4.78 is 2.04. The fourth-order valence-corrected chi connectivity index (χ4v) is 3.49. The SMILES string of the molecule is NC(=O)C[C@@H](N)C(=O)NC1CCN(C(=O)CCn2ccc3ccncc32)CC1. The number of likely N-dealkylation sites (tertiary alicyclic amines) is 1. The van der Waals surface area contributed by atoms with Gasteiger partial charge in [0.05, 0.1) is 24.2 Å².